The molecule has 0 aliphatic rings. The Hall–Kier alpha value is -6.99. The van der Waals surface area contributed by atoms with Crippen LogP contribution in [0.1, 0.15) is 141 Å². The van der Waals surface area contributed by atoms with Gasteiger partial charge in [-0.3, -0.25) is 9.98 Å². The maximum atomic E-state index is 5.27. The number of hydrogen-bond acceptors (Lipinski definition) is 6. The molecule has 4 heterocycles. The van der Waals surface area contributed by atoms with Gasteiger partial charge in [-0.2, -0.15) is 0 Å². The molecule has 372 valence electrons. The van der Waals surface area contributed by atoms with E-state index in [1.54, 1.807) is 11.3 Å². The van der Waals surface area contributed by atoms with Crippen LogP contribution in [0.5, 0.6) is 0 Å². The summed E-state index contributed by atoms with van der Waals surface area (Å²) in [4.78, 5) is 19.1. The maximum absolute atomic E-state index is 5.27. The lowest BCUT2D eigenvalue weighted by Gasteiger charge is -2.26. The number of hydrogen-bond donors (Lipinski definition) is 1. The lowest BCUT2D eigenvalue weighted by molar-refractivity contribution is 0.818. The maximum Gasteiger partial charge on any atom is 0.103 e. The molecule has 0 saturated carbocycles. The number of aliphatic imine (C=N–C) groups is 1. The molecule has 0 radical (unpaired) electrons. The minimum Gasteiger partial charge on any atom is -0.372 e. The number of aryl methyl sites for hydroxylation is 2. The Bertz CT molecular complexity index is 3330. The van der Waals surface area contributed by atoms with Crippen LogP contribution in [-0.2, 0) is 0 Å². The predicted molar refractivity (Wildman–Crippen MR) is 321 cm³/mol. The van der Waals surface area contributed by atoms with Crippen LogP contribution in [0.15, 0.2) is 192 Å². The van der Waals surface area contributed by atoms with Gasteiger partial charge >= 0.3 is 0 Å². The van der Waals surface area contributed by atoms with Crippen LogP contribution in [-0.4, -0.2) is 16.2 Å². The molecule has 0 saturated heterocycles. The van der Waals surface area contributed by atoms with E-state index in [9.17, 15) is 0 Å². The van der Waals surface area contributed by atoms with Crippen LogP contribution >= 0.6 is 22.7 Å². The molecule has 0 fully saturated rings. The van der Waals surface area contributed by atoms with Crippen LogP contribution < -0.4 is 5.32 Å². The Labute approximate surface area is 444 Å². The van der Waals surface area contributed by atoms with E-state index in [0.717, 1.165) is 34.0 Å². The number of benzene rings is 6. The van der Waals surface area contributed by atoms with E-state index in [1.165, 1.54) is 69.7 Å². The Morgan fingerprint density at radius 2 is 0.959 bits per heavy atom. The molecule has 10 aromatic rings. The van der Waals surface area contributed by atoms with Crippen molar-refractivity contribution in [1.29, 1.82) is 0 Å². The van der Waals surface area contributed by atoms with Gasteiger partial charge in [-0.25, -0.2) is 4.98 Å². The summed E-state index contributed by atoms with van der Waals surface area (Å²) in [6, 6.07) is 64.2. The summed E-state index contributed by atoms with van der Waals surface area (Å²) < 4.78 is 0. The van der Waals surface area contributed by atoms with Gasteiger partial charge in [0.2, 0.25) is 0 Å². The van der Waals surface area contributed by atoms with Gasteiger partial charge in [0.05, 0.1) is 34.7 Å². The lowest BCUT2D eigenvalue weighted by atomic mass is 9.92. The minimum atomic E-state index is -0.0315. The minimum absolute atomic E-state index is 0. The number of thiophene rings is 2. The van der Waals surface area contributed by atoms with Crippen molar-refractivity contribution in [2.45, 2.75) is 106 Å². The van der Waals surface area contributed by atoms with Crippen molar-refractivity contribution in [3.63, 3.8) is 0 Å². The number of anilines is 1. The number of rotatable bonds is 12. The fourth-order valence-corrected chi connectivity index (χ4v) is 10.7. The highest BCUT2D eigenvalue weighted by molar-refractivity contribution is 7.12. The van der Waals surface area contributed by atoms with Crippen molar-refractivity contribution in [3.8, 4) is 22.5 Å². The van der Waals surface area contributed by atoms with Gasteiger partial charge in [0.25, 0.3) is 0 Å². The second-order valence-electron chi connectivity index (χ2n) is 19.7. The van der Waals surface area contributed by atoms with Crippen molar-refractivity contribution < 1.29 is 0 Å². The number of pyridine rings is 2. The van der Waals surface area contributed by atoms with Crippen molar-refractivity contribution in [2.75, 3.05) is 5.32 Å². The fourth-order valence-electron chi connectivity index (χ4n) is 9.25. The summed E-state index contributed by atoms with van der Waals surface area (Å²) in [5.41, 5.74) is 13.8. The molecule has 0 spiro atoms. The van der Waals surface area contributed by atoms with E-state index >= 15 is 0 Å². The summed E-state index contributed by atoms with van der Waals surface area (Å²) >= 11 is 3.62. The fraction of sp³-hybridized carbons (Fsp3) is 0.239. The molecule has 0 bridgehead atoms. The third-order valence-corrected chi connectivity index (χ3v) is 14.9. The largest absolute Gasteiger partial charge is 0.372 e. The Morgan fingerprint density at radius 3 is 1.45 bits per heavy atom. The molecule has 10 rings (SSSR count). The summed E-state index contributed by atoms with van der Waals surface area (Å²) in [5, 5.41) is 11.0. The molecule has 6 aromatic carbocycles. The van der Waals surface area contributed by atoms with Gasteiger partial charge in [0, 0.05) is 31.4 Å². The van der Waals surface area contributed by atoms with Gasteiger partial charge in [-0.1, -0.05) is 202 Å². The molecular weight excluding hydrogens is 925 g/mol. The van der Waals surface area contributed by atoms with Gasteiger partial charge < -0.3 is 5.32 Å². The Balaban J connectivity index is 0.000000191. The van der Waals surface area contributed by atoms with Crippen LogP contribution in [0.4, 0.5) is 11.4 Å². The van der Waals surface area contributed by atoms with Crippen LogP contribution in [0.3, 0.4) is 0 Å². The van der Waals surface area contributed by atoms with Gasteiger partial charge in [0.15, 0.2) is 0 Å². The topological polar surface area (TPSA) is 50.2 Å². The number of aromatic nitrogens is 2. The molecule has 1 N–H and O–H groups in total. The normalized spacial score (nSPS) is 11.7. The first-order valence-electron chi connectivity index (χ1n) is 25.4. The first kappa shape index (κ1) is 53.8. The molecule has 6 heteroatoms. The monoisotopic (exact) mass is 997 g/mol. The van der Waals surface area contributed by atoms with Crippen LogP contribution in [0, 0.1) is 13.8 Å². The van der Waals surface area contributed by atoms with Gasteiger partial charge in [-0.05, 0) is 129 Å². The molecule has 0 amide bonds. The van der Waals surface area contributed by atoms with Crippen molar-refractivity contribution in [3.05, 3.63) is 236 Å². The first-order valence-corrected chi connectivity index (χ1v) is 27.1. The van der Waals surface area contributed by atoms with Crippen LogP contribution in [0.25, 0.3) is 44.1 Å². The molecular formula is C67H72N4S2. The van der Waals surface area contributed by atoms with Gasteiger partial charge in [0.1, 0.15) is 6.04 Å². The van der Waals surface area contributed by atoms with E-state index < -0.39 is 0 Å². The highest BCUT2D eigenvalue weighted by atomic mass is 32.1. The molecule has 0 aliphatic carbocycles. The lowest BCUT2D eigenvalue weighted by Crippen LogP contribution is -2.16. The molecule has 0 aliphatic heterocycles. The summed E-state index contributed by atoms with van der Waals surface area (Å²) in [6.07, 6.45) is 1.90. The first-order chi connectivity index (χ1) is 34.9. The standard InChI is InChI=1S/C33H34N2S.C28H28N2.C5H6S.CH4/c1-21(2)25-14-9-15-26(22(3)4)32(25)35-33(31-20-19-23(5)36-31)30-18-10-17-29(34-30)28-16-8-12-24-11-6-7-13-27(24)28;1-19(2)23-14-9-15-24(20(3)4)28(23)29-18-22-12-8-17-27(30-22)26-16-7-11-21-10-5-6-13-25(21)26;1-5-3-2-4-6-5;/h6-22,33,35H,1-5H3;5-20H,1-4H3;2-4H,1H3;1H4. The Kier molecular flexibility index (Phi) is 18.5. The van der Waals surface area contributed by atoms with E-state index in [2.05, 4.69) is 256 Å². The molecule has 1 atom stereocenters. The molecule has 1 unspecified atom stereocenters. The predicted octanol–water partition coefficient (Wildman–Crippen LogP) is 20.3. The number of nitrogens with zero attached hydrogens (tertiary/aromatic N) is 3. The zero-order valence-corrected chi connectivity index (χ0v) is 45.2. The molecule has 4 nitrogen and oxygen atoms in total. The third-order valence-electron chi connectivity index (χ3n) is 13.0. The number of nitrogens with one attached hydrogen (secondary N) is 1. The smallest absolute Gasteiger partial charge is 0.103 e. The zero-order valence-electron chi connectivity index (χ0n) is 43.5. The highest BCUT2D eigenvalue weighted by Crippen LogP contribution is 2.40. The highest BCUT2D eigenvalue weighted by Gasteiger charge is 2.23. The van der Waals surface area contributed by atoms with E-state index in [-0.39, 0.29) is 13.5 Å². The summed E-state index contributed by atoms with van der Waals surface area (Å²) in [5.74, 6) is 1.69. The molecule has 4 aromatic heterocycles. The van der Waals surface area contributed by atoms with Crippen molar-refractivity contribution >= 4 is 61.8 Å². The van der Waals surface area contributed by atoms with Crippen molar-refractivity contribution in [2.24, 2.45) is 4.99 Å². The van der Waals surface area contributed by atoms with E-state index in [1.807, 2.05) is 23.6 Å². The van der Waals surface area contributed by atoms with Crippen molar-refractivity contribution in [1.82, 2.24) is 9.97 Å². The summed E-state index contributed by atoms with van der Waals surface area (Å²) in [7, 11) is 0. The SMILES string of the molecule is C.CC(C)c1cccc(C(C)C)c1N=Cc1cccc(-c2cccc3ccccc23)n1.Cc1ccc(C(Nc2c(C(C)C)cccc2C(C)C)c2cccc(-c3cccc4ccccc34)n2)s1.Cc1cccs1. The average molecular weight is 997 g/mol. The van der Waals surface area contributed by atoms with E-state index in [4.69, 9.17) is 15.0 Å². The second kappa shape index (κ2) is 25.1. The Morgan fingerprint density at radius 1 is 0.466 bits per heavy atom. The summed E-state index contributed by atoms with van der Waals surface area (Å²) in [6.45, 7) is 22.2. The molecule has 73 heavy (non-hydrogen) atoms. The average Bonchev–Trinajstić information content (AvgIpc) is 4.07. The van der Waals surface area contributed by atoms with Gasteiger partial charge in [-0.15, -0.1) is 22.7 Å². The second-order valence-corrected chi connectivity index (χ2v) is 22.1. The quantitative estimate of drug-likeness (QED) is 0.124. The van der Waals surface area contributed by atoms with E-state index in [0.29, 0.717) is 23.7 Å². The number of para-hydroxylation sites is 2. The van der Waals surface area contributed by atoms with Crippen LogP contribution in [0.2, 0.25) is 0 Å². The zero-order chi connectivity index (χ0) is 50.7. The number of fused-ring (bicyclic) bond motifs is 2. The third kappa shape index (κ3) is 13.2.